The van der Waals surface area contributed by atoms with Gasteiger partial charge >= 0.3 is 0 Å². The highest BCUT2D eigenvalue weighted by Crippen LogP contribution is 2.23. The molecule has 2 heterocycles. The molecule has 4 aromatic rings. The Morgan fingerprint density at radius 3 is 2.80 bits per heavy atom. The van der Waals surface area contributed by atoms with Gasteiger partial charge in [0.15, 0.2) is 0 Å². The average molecular weight is 397 g/mol. The van der Waals surface area contributed by atoms with E-state index in [9.17, 15) is 4.79 Å². The highest BCUT2D eigenvalue weighted by atomic mass is 16.5. The molecule has 0 aliphatic carbocycles. The average Bonchev–Trinajstić information content (AvgIpc) is 3.30. The van der Waals surface area contributed by atoms with Crippen LogP contribution in [0.5, 0.6) is 5.75 Å². The summed E-state index contributed by atoms with van der Waals surface area (Å²) < 4.78 is 5.86. The lowest BCUT2D eigenvalue weighted by molar-refractivity contribution is 0.0950. The maximum Gasteiger partial charge on any atom is 0.289 e. The summed E-state index contributed by atoms with van der Waals surface area (Å²) in [5.74, 6) is 0.344. The van der Waals surface area contributed by atoms with Gasteiger partial charge in [0.25, 0.3) is 5.91 Å². The number of nitrogens with one attached hydrogen (secondary N) is 2. The number of ether oxygens (including phenoxy) is 1. The maximum atomic E-state index is 12.3. The fourth-order valence-electron chi connectivity index (χ4n) is 2.75. The van der Waals surface area contributed by atoms with Crippen LogP contribution < -0.4 is 10.2 Å². The number of carbonyl (C=O) groups is 1. The van der Waals surface area contributed by atoms with E-state index in [0.29, 0.717) is 18.0 Å². The van der Waals surface area contributed by atoms with Crippen LogP contribution in [-0.2, 0) is 6.61 Å². The molecule has 1 amide bonds. The van der Waals surface area contributed by atoms with Crippen molar-refractivity contribution in [1.29, 1.82) is 0 Å². The molecule has 0 fully saturated rings. The van der Waals surface area contributed by atoms with Gasteiger partial charge in [0.05, 0.1) is 11.9 Å². The molecular formula is C23H19N5O2. The van der Waals surface area contributed by atoms with E-state index in [2.05, 4.69) is 25.7 Å². The second kappa shape index (κ2) is 9.29. The summed E-state index contributed by atoms with van der Waals surface area (Å²) in [6.45, 7) is 0.480. The molecule has 148 valence electrons. The lowest BCUT2D eigenvalue weighted by Crippen LogP contribution is -2.18. The molecule has 0 radical (unpaired) electrons. The molecule has 0 aliphatic heterocycles. The van der Waals surface area contributed by atoms with Crippen LogP contribution in [0, 0.1) is 0 Å². The smallest absolute Gasteiger partial charge is 0.289 e. The summed E-state index contributed by atoms with van der Waals surface area (Å²) in [7, 11) is 0. The van der Waals surface area contributed by atoms with Gasteiger partial charge in [-0.2, -0.15) is 10.2 Å². The van der Waals surface area contributed by atoms with Crippen molar-refractivity contribution in [2.24, 2.45) is 5.10 Å². The molecule has 0 bridgehead atoms. The summed E-state index contributed by atoms with van der Waals surface area (Å²) in [6.07, 6.45) is 4.84. The van der Waals surface area contributed by atoms with Crippen LogP contribution in [0.3, 0.4) is 0 Å². The molecule has 30 heavy (non-hydrogen) atoms. The number of amides is 1. The molecule has 0 atom stereocenters. The van der Waals surface area contributed by atoms with E-state index in [4.69, 9.17) is 4.74 Å². The Balaban J connectivity index is 1.39. The van der Waals surface area contributed by atoms with E-state index in [-0.39, 0.29) is 5.91 Å². The Kier molecular flexibility index (Phi) is 5.91. The van der Waals surface area contributed by atoms with Crippen molar-refractivity contribution in [3.05, 3.63) is 102 Å². The third-order valence-corrected chi connectivity index (χ3v) is 4.26. The first-order valence-electron chi connectivity index (χ1n) is 9.34. The lowest BCUT2D eigenvalue weighted by atomic mass is 10.1. The molecule has 0 unspecified atom stereocenters. The van der Waals surface area contributed by atoms with Crippen molar-refractivity contribution in [1.82, 2.24) is 20.6 Å². The Hall–Kier alpha value is -4.26. The summed E-state index contributed by atoms with van der Waals surface area (Å²) >= 11 is 0. The minimum absolute atomic E-state index is 0.309. The van der Waals surface area contributed by atoms with Gasteiger partial charge in [-0.15, -0.1) is 0 Å². The summed E-state index contributed by atoms with van der Waals surface area (Å²) in [6, 6.07) is 22.8. The summed E-state index contributed by atoms with van der Waals surface area (Å²) in [5, 5.41) is 10.9. The summed E-state index contributed by atoms with van der Waals surface area (Å²) in [4.78, 5) is 16.3. The number of carbonyl (C=O) groups excluding carboxylic acids is 1. The van der Waals surface area contributed by atoms with Crippen LogP contribution in [0.15, 0.2) is 90.3 Å². The molecule has 0 saturated heterocycles. The summed E-state index contributed by atoms with van der Waals surface area (Å²) in [5.41, 5.74) is 6.14. The third kappa shape index (κ3) is 4.96. The van der Waals surface area contributed by atoms with Crippen LogP contribution in [-0.4, -0.2) is 27.3 Å². The molecule has 4 rings (SSSR count). The van der Waals surface area contributed by atoms with Gasteiger partial charge in [0.2, 0.25) is 0 Å². The molecule has 0 saturated carbocycles. The van der Waals surface area contributed by atoms with Crippen molar-refractivity contribution < 1.29 is 9.53 Å². The van der Waals surface area contributed by atoms with Gasteiger partial charge in [-0.05, 0) is 29.8 Å². The van der Waals surface area contributed by atoms with Gasteiger partial charge in [0.1, 0.15) is 18.1 Å². The fraction of sp³-hybridized carbons (Fsp3) is 0.0435. The van der Waals surface area contributed by atoms with Crippen LogP contribution >= 0.6 is 0 Å². The van der Waals surface area contributed by atoms with E-state index < -0.39 is 0 Å². The second-order valence-electron chi connectivity index (χ2n) is 6.45. The zero-order valence-corrected chi connectivity index (χ0v) is 16.0. The van der Waals surface area contributed by atoms with Gasteiger partial charge in [-0.1, -0.05) is 48.5 Å². The van der Waals surface area contributed by atoms with Crippen molar-refractivity contribution >= 4 is 12.1 Å². The van der Waals surface area contributed by atoms with Crippen LogP contribution in [0.4, 0.5) is 0 Å². The first-order chi connectivity index (χ1) is 14.8. The fourth-order valence-corrected chi connectivity index (χ4v) is 2.75. The Morgan fingerprint density at radius 1 is 1.07 bits per heavy atom. The minimum Gasteiger partial charge on any atom is -0.489 e. The number of aromatic amines is 1. The Bertz CT molecular complexity index is 1140. The predicted molar refractivity (Wildman–Crippen MR) is 114 cm³/mol. The monoisotopic (exact) mass is 397 g/mol. The van der Waals surface area contributed by atoms with Crippen LogP contribution in [0.25, 0.3) is 11.3 Å². The van der Waals surface area contributed by atoms with Gasteiger partial charge < -0.3 is 4.74 Å². The molecule has 2 N–H and O–H groups in total. The van der Waals surface area contributed by atoms with Gasteiger partial charge in [-0.3, -0.25) is 14.9 Å². The lowest BCUT2D eigenvalue weighted by Gasteiger charge is -2.07. The zero-order valence-electron chi connectivity index (χ0n) is 16.0. The molecule has 0 aliphatic rings. The number of benzene rings is 2. The first kappa shape index (κ1) is 19.1. The predicted octanol–water partition coefficient (Wildman–Crippen LogP) is 3.81. The van der Waals surface area contributed by atoms with E-state index in [1.165, 1.54) is 6.21 Å². The zero-order chi connectivity index (χ0) is 20.6. The first-order valence-corrected chi connectivity index (χ1v) is 9.34. The molecular weight excluding hydrogens is 378 g/mol. The second-order valence-corrected chi connectivity index (χ2v) is 6.45. The quantitative estimate of drug-likeness (QED) is 0.366. The SMILES string of the molecule is O=C(N/N=C/c1cccnc1)c1cc(-c2cccc(OCc3ccccc3)c2)n[nH]1. The van der Waals surface area contributed by atoms with Crippen molar-refractivity contribution in [3.8, 4) is 17.0 Å². The van der Waals surface area contributed by atoms with E-state index in [0.717, 1.165) is 22.4 Å². The van der Waals surface area contributed by atoms with Crippen molar-refractivity contribution in [2.75, 3.05) is 0 Å². The Morgan fingerprint density at radius 2 is 1.97 bits per heavy atom. The standard InChI is InChI=1S/C23H19N5O2/c29-23(28-25-15-18-8-5-11-24-14-18)22-13-21(26-27-22)19-9-4-10-20(12-19)30-16-17-6-2-1-3-7-17/h1-15H,16H2,(H,26,27)(H,28,29)/b25-15+. The van der Waals surface area contributed by atoms with Crippen LogP contribution in [0.2, 0.25) is 0 Å². The number of hydrogen-bond donors (Lipinski definition) is 2. The number of H-pyrrole nitrogens is 1. The topological polar surface area (TPSA) is 92.3 Å². The number of hydrogen-bond acceptors (Lipinski definition) is 5. The molecule has 2 aromatic carbocycles. The number of hydrazone groups is 1. The van der Waals surface area contributed by atoms with Gasteiger partial charge in [-0.25, -0.2) is 5.43 Å². The van der Waals surface area contributed by atoms with E-state index in [1.807, 2.05) is 60.7 Å². The van der Waals surface area contributed by atoms with Gasteiger partial charge in [0, 0.05) is 23.5 Å². The highest BCUT2D eigenvalue weighted by Gasteiger charge is 2.11. The number of aromatic nitrogens is 3. The number of rotatable bonds is 7. The number of pyridine rings is 1. The minimum atomic E-state index is -0.384. The Labute approximate surface area is 173 Å². The third-order valence-electron chi connectivity index (χ3n) is 4.26. The number of nitrogens with zero attached hydrogens (tertiary/aromatic N) is 3. The molecule has 7 heteroatoms. The van der Waals surface area contributed by atoms with E-state index >= 15 is 0 Å². The molecule has 0 spiro atoms. The largest absolute Gasteiger partial charge is 0.489 e. The van der Waals surface area contributed by atoms with E-state index in [1.54, 1.807) is 24.5 Å². The molecule has 2 aromatic heterocycles. The van der Waals surface area contributed by atoms with Crippen molar-refractivity contribution in [3.63, 3.8) is 0 Å². The normalized spacial score (nSPS) is 10.8. The van der Waals surface area contributed by atoms with Crippen LogP contribution in [0.1, 0.15) is 21.6 Å². The molecule has 7 nitrogen and oxygen atoms in total. The maximum absolute atomic E-state index is 12.3. The highest BCUT2D eigenvalue weighted by molar-refractivity contribution is 5.94. The van der Waals surface area contributed by atoms with Crippen molar-refractivity contribution in [2.45, 2.75) is 6.61 Å².